The van der Waals surface area contributed by atoms with E-state index in [1.165, 1.54) is 7.11 Å². The summed E-state index contributed by atoms with van der Waals surface area (Å²) in [5, 5.41) is 3.51. The minimum absolute atomic E-state index is 0.0216. The number of rotatable bonds is 6. The zero-order valence-corrected chi connectivity index (χ0v) is 18.0. The van der Waals surface area contributed by atoms with Crippen molar-refractivity contribution in [3.05, 3.63) is 59.1 Å². The third kappa shape index (κ3) is 4.82. The maximum atomic E-state index is 13.0. The molecule has 1 aliphatic rings. The first kappa shape index (κ1) is 21.2. The van der Waals surface area contributed by atoms with Gasteiger partial charge in [-0.2, -0.15) is 4.98 Å². The predicted molar refractivity (Wildman–Crippen MR) is 118 cm³/mol. The molecule has 1 aliphatic heterocycles. The molecule has 1 aromatic heterocycles. The lowest BCUT2D eigenvalue weighted by atomic mass is 9.94. The molecule has 2 heterocycles. The fourth-order valence-corrected chi connectivity index (χ4v) is 4.13. The highest BCUT2D eigenvalue weighted by Crippen LogP contribution is 2.29. The molecule has 0 saturated carbocycles. The number of amides is 1. The number of hydrogen-bond donors (Lipinski definition) is 1. The number of aromatic nitrogens is 1. The van der Waals surface area contributed by atoms with Gasteiger partial charge in [-0.15, -0.1) is 0 Å². The molecule has 4 rings (SSSR count). The van der Waals surface area contributed by atoms with Crippen molar-refractivity contribution in [2.75, 3.05) is 25.1 Å². The molecule has 0 radical (unpaired) electrons. The highest BCUT2D eigenvalue weighted by Gasteiger charge is 2.30. The maximum Gasteiger partial charge on any atom is 0.307 e. The number of fused-ring (bicyclic) bond motifs is 1. The number of ether oxygens (including phenoxy) is 1. The molecule has 0 aliphatic carbocycles. The first-order valence-corrected chi connectivity index (χ1v) is 10.6. The van der Waals surface area contributed by atoms with Gasteiger partial charge in [0.2, 0.25) is 5.91 Å². The lowest BCUT2D eigenvalue weighted by Gasteiger charge is -2.31. The summed E-state index contributed by atoms with van der Waals surface area (Å²) < 4.78 is 10.6. The molecule has 2 aromatic carbocycles. The van der Waals surface area contributed by atoms with Gasteiger partial charge in [-0.3, -0.25) is 9.59 Å². The third-order valence-corrected chi connectivity index (χ3v) is 5.96. The Morgan fingerprint density at radius 2 is 1.90 bits per heavy atom. The number of esters is 1. The van der Waals surface area contributed by atoms with Crippen LogP contribution in [-0.2, 0) is 14.3 Å². The predicted octanol–water partition coefficient (Wildman–Crippen LogP) is 4.12. The molecule has 0 bridgehead atoms. The number of carbonyl (C=O) groups excluding carboxylic acids is 2. The Hall–Kier alpha value is -3.06. The van der Waals surface area contributed by atoms with Crippen molar-refractivity contribution < 1.29 is 18.7 Å². The highest BCUT2D eigenvalue weighted by molar-refractivity contribution is 6.31. The largest absolute Gasteiger partial charge is 0.469 e. The molecule has 1 N–H and O–H groups in total. The van der Waals surface area contributed by atoms with E-state index in [2.05, 4.69) is 15.2 Å². The molecule has 1 amide bonds. The number of hydrogen-bond acceptors (Lipinski definition) is 6. The number of piperidine rings is 1. The number of carbonyl (C=O) groups is 2. The number of methoxy groups -OCH3 is 1. The van der Waals surface area contributed by atoms with Crippen LogP contribution in [0.2, 0.25) is 5.02 Å². The molecule has 7 nitrogen and oxygen atoms in total. The minimum atomic E-state index is -0.538. The molecule has 8 heteroatoms. The van der Waals surface area contributed by atoms with Gasteiger partial charge in [0.15, 0.2) is 5.58 Å². The van der Waals surface area contributed by atoms with Gasteiger partial charge in [0.05, 0.1) is 19.6 Å². The van der Waals surface area contributed by atoms with E-state index in [4.69, 9.17) is 20.8 Å². The van der Waals surface area contributed by atoms with Gasteiger partial charge in [-0.25, -0.2) is 0 Å². The Morgan fingerprint density at radius 1 is 1.19 bits per heavy atom. The number of anilines is 1. The highest BCUT2D eigenvalue weighted by atomic mass is 35.5. The van der Waals surface area contributed by atoms with Crippen LogP contribution in [0.1, 0.15) is 30.9 Å². The van der Waals surface area contributed by atoms with Crippen LogP contribution in [0.5, 0.6) is 0 Å². The van der Waals surface area contributed by atoms with Gasteiger partial charge >= 0.3 is 5.97 Å². The first-order valence-electron chi connectivity index (χ1n) is 10.3. The molecule has 1 atom stereocenters. The van der Waals surface area contributed by atoms with Gasteiger partial charge in [0, 0.05) is 24.0 Å². The van der Waals surface area contributed by atoms with E-state index < -0.39 is 12.0 Å². The second-order valence-electron chi connectivity index (χ2n) is 7.59. The molecule has 0 spiro atoms. The van der Waals surface area contributed by atoms with Gasteiger partial charge in [-0.05, 0) is 36.6 Å². The number of halogens is 1. The zero-order chi connectivity index (χ0) is 21.8. The molecule has 1 saturated heterocycles. The van der Waals surface area contributed by atoms with Crippen LogP contribution in [0, 0.1) is 5.92 Å². The first-order chi connectivity index (χ1) is 15.0. The summed E-state index contributed by atoms with van der Waals surface area (Å²) in [6.07, 6.45) is 1.35. The fourth-order valence-electron chi connectivity index (χ4n) is 3.86. The lowest BCUT2D eigenvalue weighted by Crippen LogP contribution is -2.42. The van der Waals surface area contributed by atoms with Crippen LogP contribution in [0.3, 0.4) is 0 Å². The van der Waals surface area contributed by atoms with Crippen molar-refractivity contribution in [3.8, 4) is 0 Å². The van der Waals surface area contributed by atoms with Crippen LogP contribution in [0.25, 0.3) is 11.1 Å². The van der Waals surface area contributed by atoms with E-state index in [0.29, 0.717) is 42.5 Å². The second-order valence-corrected chi connectivity index (χ2v) is 8.00. The summed E-state index contributed by atoms with van der Waals surface area (Å²) in [4.78, 5) is 31.5. The smallest absolute Gasteiger partial charge is 0.307 e. The van der Waals surface area contributed by atoms with Gasteiger partial charge in [-0.1, -0.05) is 41.9 Å². The molecule has 1 fully saturated rings. The molecule has 31 heavy (non-hydrogen) atoms. The number of oxazole rings is 1. The average Bonchev–Trinajstić information content (AvgIpc) is 3.23. The maximum absolute atomic E-state index is 13.0. The average molecular weight is 442 g/mol. The van der Waals surface area contributed by atoms with E-state index in [0.717, 1.165) is 11.1 Å². The van der Waals surface area contributed by atoms with Crippen molar-refractivity contribution in [1.29, 1.82) is 0 Å². The van der Waals surface area contributed by atoms with Crippen molar-refractivity contribution in [1.82, 2.24) is 10.3 Å². The monoisotopic (exact) mass is 441 g/mol. The Bertz CT molecular complexity index is 1040. The molecule has 162 valence electrons. The summed E-state index contributed by atoms with van der Waals surface area (Å²) in [5.74, 6) is -0.662. The Labute approximate surface area is 185 Å². The van der Waals surface area contributed by atoms with E-state index >= 15 is 0 Å². The Kier molecular flexibility index (Phi) is 6.42. The normalized spacial score (nSPS) is 15.6. The van der Waals surface area contributed by atoms with E-state index in [9.17, 15) is 9.59 Å². The van der Waals surface area contributed by atoms with Crippen LogP contribution < -0.4 is 10.2 Å². The molecule has 1 unspecified atom stereocenters. The van der Waals surface area contributed by atoms with Gasteiger partial charge in [0.1, 0.15) is 5.52 Å². The summed E-state index contributed by atoms with van der Waals surface area (Å²) in [7, 11) is 1.33. The van der Waals surface area contributed by atoms with Crippen molar-refractivity contribution in [2.45, 2.75) is 25.3 Å². The van der Waals surface area contributed by atoms with E-state index in [1.807, 2.05) is 42.5 Å². The summed E-state index contributed by atoms with van der Waals surface area (Å²) in [6.45, 7) is 1.33. The van der Waals surface area contributed by atoms with Gasteiger partial charge < -0.3 is 19.4 Å². The van der Waals surface area contributed by atoms with E-state index in [-0.39, 0.29) is 18.2 Å². The molecular weight excluding hydrogens is 418 g/mol. The zero-order valence-electron chi connectivity index (χ0n) is 17.2. The van der Waals surface area contributed by atoms with Crippen molar-refractivity contribution in [2.24, 2.45) is 5.92 Å². The number of benzene rings is 2. The van der Waals surface area contributed by atoms with Crippen LogP contribution in [0.4, 0.5) is 6.01 Å². The van der Waals surface area contributed by atoms with Gasteiger partial charge in [0.25, 0.3) is 6.01 Å². The number of para-hydroxylation sites is 2. The standard InChI is InChI=1S/C23H24ClN3O4/c1-30-21(28)14-19(16-6-2-3-7-17(16)24)25-22(29)15-10-12-27(13-11-15)23-26-18-8-4-5-9-20(18)31-23/h2-9,15,19H,10-14H2,1H3,(H,25,29). The summed E-state index contributed by atoms with van der Waals surface area (Å²) >= 11 is 6.31. The SMILES string of the molecule is COC(=O)CC(NC(=O)C1CCN(c2nc3ccccc3o2)CC1)c1ccccc1Cl. The van der Waals surface area contributed by atoms with Crippen molar-refractivity contribution >= 4 is 40.6 Å². The Morgan fingerprint density at radius 3 is 2.61 bits per heavy atom. The second kappa shape index (κ2) is 9.39. The topological polar surface area (TPSA) is 84.7 Å². The van der Waals surface area contributed by atoms with Crippen LogP contribution >= 0.6 is 11.6 Å². The molecular formula is C23H24ClN3O4. The third-order valence-electron chi connectivity index (χ3n) is 5.61. The number of nitrogens with zero attached hydrogens (tertiary/aromatic N) is 2. The van der Waals surface area contributed by atoms with Crippen LogP contribution in [0.15, 0.2) is 52.9 Å². The summed E-state index contributed by atoms with van der Waals surface area (Å²) in [6, 6.07) is 14.9. The summed E-state index contributed by atoms with van der Waals surface area (Å²) in [5.41, 5.74) is 2.28. The van der Waals surface area contributed by atoms with Crippen molar-refractivity contribution in [3.63, 3.8) is 0 Å². The lowest BCUT2D eigenvalue weighted by molar-refractivity contribution is -0.141. The fraction of sp³-hybridized carbons (Fsp3) is 0.348. The van der Waals surface area contributed by atoms with Crippen LogP contribution in [-0.4, -0.2) is 37.1 Å². The van der Waals surface area contributed by atoms with E-state index in [1.54, 1.807) is 6.07 Å². The Balaban J connectivity index is 1.40. The quantitative estimate of drug-likeness (QED) is 0.579. The minimum Gasteiger partial charge on any atom is -0.469 e. The number of nitrogens with one attached hydrogen (secondary N) is 1. The molecule has 3 aromatic rings.